The van der Waals surface area contributed by atoms with E-state index in [0.717, 1.165) is 11.3 Å². The molecule has 0 bridgehead atoms. The number of rotatable bonds is 8. The van der Waals surface area contributed by atoms with E-state index < -0.39 is 6.04 Å². The van der Waals surface area contributed by atoms with E-state index in [2.05, 4.69) is 20.7 Å². The Labute approximate surface area is 191 Å². The van der Waals surface area contributed by atoms with Crippen molar-refractivity contribution in [1.29, 1.82) is 0 Å². The molecule has 1 aromatic carbocycles. The molecule has 0 radical (unpaired) electrons. The Kier molecular flexibility index (Phi) is 6.39. The van der Waals surface area contributed by atoms with E-state index in [0.29, 0.717) is 23.5 Å². The van der Waals surface area contributed by atoms with Gasteiger partial charge in [0.15, 0.2) is 0 Å². The second kappa shape index (κ2) is 9.56. The van der Waals surface area contributed by atoms with E-state index >= 15 is 0 Å². The minimum Gasteiger partial charge on any atom is -0.497 e. The number of pyridine rings is 1. The first-order valence-electron chi connectivity index (χ1n) is 10.6. The monoisotopic (exact) mass is 446 g/mol. The summed E-state index contributed by atoms with van der Waals surface area (Å²) in [5.74, 6) is -0.0845. The normalized spacial score (nSPS) is 12.0. The van der Waals surface area contributed by atoms with Gasteiger partial charge < -0.3 is 19.8 Å². The molecule has 33 heavy (non-hydrogen) atoms. The van der Waals surface area contributed by atoms with E-state index in [9.17, 15) is 9.59 Å². The van der Waals surface area contributed by atoms with Crippen LogP contribution in [0.5, 0.6) is 5.75 Å². The van der Waals surface area contributed by atoms with Gasteiger partial charge in [0, 0.05) is 24.2 Å². The average molecular weight is 447 g/mol. The van der Waals surface area contributed by atoms with Crippen LogP contribution in [-0.4, -0.2) is 44.1 Å². The fraction of sp³-hybridized carbons (Fsp3) is 0.250. The molecule has 0 saturated heterocycles. The zero-order chi connectivity index (χ0) is 23.4. The largest absolute Gasteiger partial charge is 0.497 e. The summed E-state index contributed by atoms with van der Waals surface area (Å²) in [6.07, 6.45) is 7.20. The van der Waals surface area contributed by atoms with Crippen LogP contribution in [0.3, 0.4) is 0 Å². The fourth-order valence-corrected chi connectivity index (χ4v) is 3.47. The van der Waals surface area contributed by atoms with E-state index in [1.165, 1.54) is 0 Å². The van der Waals surface area contributed by atoms with Crippen molar-refractivity contribution in [3.05, 3.63) is 78.5 Å². The van der Waals surface area contributed by atoms with E-state index in [4.69, 9.17) is 4.74 Å². The third kappa shape index (κ3) is 5.20. The minimum atomic E-state index is -0.707. The van der Waals surface area contributed by atoms with Crippen molar-refractivity contribution in [3.8, 4) is 5.75 Å². The van der Waals surface area contributed by atoms with Gasteiger partial charge in [-0.25, -0.2) is 4.98 Å². The lowest BCUT2D eigenvalue weighted by Gasteiger charge is -2.21. The Morgan fingerprint density at radius 1 is 1.09 bits per heavy atom. The predicted octanol–water partition coefficient (Wildman–Crippen LogP) is 2.98. The molecule has 3 aromatic heterocycles. The first-order valence-corrected chi connectivity index (χ1v) is 10.6. The Bertz CT molecular complexity index is 1230. The lowest BCUT2D eigenvalue weighted by Crippen LogP contribution is -2.47. The molecule has 1 atom stereocenters. The molecule has 9 heteroatoms. The third-order valence-electron chi connectivity index (χ3n) is 5.23. The molecular formula is C24H26N6O3. The zero-order valence-electron chi connectivity index (χ0n) is 18.7. The molecule has 9 nitrogen and oxygen atoms in total. The Hall–Kier alpha value is -4.14. The van der Waals surface area contributed by atoms with Gasteiger partial charge in [-0.3, -0.25) is 14.3 Å². The number of carbonyl (C=O) groups is 2. The molecule has 4 aromatic rings. The van der Waals surface area contributed by atoms with Gasteiger partial charge in [0.1, 0.15) is 17.4 Å². The molecule has 2 N–H and O–H groups in total. The summed E-state index contributed by atoms with van der Waals surface area (Å²) in [6, 6.07) is 11.8. The van der Waals surface area contributed by atoms with Crippen LogP contribution in [0.1, 0.15) is 29.9 Å². The quantitative estimate of drug-likeness (QED) is 0.433. The summed E-state index contributed by atoms with van der Waals surface area (Å²) in [4.78, 5) is 30.1. The highest BCUT2D eigenvalue weighted by atomic mass is 16.5. The number of fused-ring (bicyclic) bond motifs is 1. The van der Waals surface area contributed by atoms with Gasteiger partial charge in [0.05, 0.1) is 31.2 Å². The van der Waals surface area contributed by atoms with Crippen molar-refractivity contribution in [1.82, 2.24) is 24.5 Å². The van der Waals surface area contributed by atoms with Crippen LogP contribution in [0, 0.1) is 5.92 Å². The number of nitrogens with one attached hydrogen (secondary N) is 2. The number of imidazole rings is 1. The Balaban J connectivity index is 1.40. The van der Waals surface area contributed by atoms with Gasteiger partial charge in [-0.15, -0.1) is 0 Å². The molecule has 0 fully saturated rings. The average Bonchev–Trinajstić information content (AvgIpc) is 3.43. The summed E-state index contributed by atoms with van der Waals surface area (Å²) in [7, 11) is 1.56. The van der Waals surface area contributed by atoms with Crippen LogP contribution in [0.4, 0.5) is 5.69 Å². The molecule has 2 amide bonds. The predicted molar refractivity (Wildman–Crippen MR) is 124 cm³/mol. The molecular weight excluding hydrogens is 420 g/mol. The molecule has 3 heterocycles. The maximum atomic E-state index is 12.9. The van der Waals surface area contributed by atoms with Crippen molar-refractivity contribution in [2.45, 2.75) is 26.4 Å². The molecule has 0 aliphatic heterocycles. The molecule has 0 aliphatic rings. The number of methoxy groups -OCH3 is 1. The highest BCUT2D eigenvalue weighted by molar-refractivity contribution is 6.01. The molecule has 170 valence electrons. The van der Waals surface area contributed by atoms with Gasteiger partial charge in [0.2, 0.25) is 5.91 Å². The number of anilines is 1. The highest BCUT2D eigenvalue weighted by Crippen LogP contribution is 2.14. The van der Waals surface area contributed by atoms with E-state index in [1.54, 1.807) is 48.5 Å². The maximum absolute atomic E-state index is 12.9. The standard InChI is InChI=1S/C24H26N6O3/c1-16(2)22(28-23(31)17-7-9-20(33-3)10-8-17)24(32)27-18-12-25-30(14-18)15-19-13-29-11-5-4-6-21(29)26-19/h4-14,16,22H,15H2,1-3H3,(H,27,32)(H,28,31). The second-order valence-electron chi connectivity index (χ2n) is 8.04. The number of nitrogens with zero attached hydrogens (tertiary/aromatic N) is 4. The zero-order valence-corrected chi connectivity index (χ0v) is 18.7. The number of ether oxygens (including phenoxy) is 1. The first-order chi connectivity index (χ1) is 15.9. The number of carbonyl (C=O) groups excluding carboxylic acids is 2. The van der Waals surface area contributed by atoms with Gasteiger partial charge in [-0.2, -0.15) is 5.10 Å². The summed E-state index contributed by atoms with van der Waals surface area (Å²) < 4.78 is 8.77. The SMILES string of the molecule is COc1ccc(C(=O)NC(C(=O)Nc2cnn(Cc3cn4ccccc4n3)c2)C(C)C)cc1. The summed E-state index contributed by atoms with van der Waals surface area (Å²) >= 11 is 0. The Morgan fingerprint density at radius 3 is 2.58 bits per heavy atom. The molecule has 0 aliphatic carbocycles. The van der Waals surface area contributed by atoms with Gasteiger partial charge >= 0.3 is 0 Å². The second-order valence-corrected chi connectivity index (χ2v) is 8.04. The summed E-state index contributed by atoms with van der Waals surface area (Å²) in [5.41, 5.74) is 2.72. The first kappa shape index (κ1) is 22.1. The van der Waals surface area contributed by atoms with Crippen molar-refractivity contribution in [2.75, 3.05) is 12.4 Å². The number of benzene rings is 1. The lowest BCUT2D eigenvalue weighted by atomic mass is 10.0. The van der Waals surface area contributed by atoms with Crippen molar-refractivity contribution in [2.24, 2.45) is 5.92 Å². The van der Waals surface area contributed by atoms with Crippen LogP contribution in [-0.2, 0) is 11.3 Å². The molecule has 1 unspecified atom stereocenters. The third-order valence-corrected chi connectivity index (χ3v) is 5.23. The maximum Gasteiger partial charge on any atom is 0.251 e. The van der Waals surface area contributed by atoms with Gasteiger partial charge in [0.25, 0.3) is 5.91 Å². The summed E-state index contributed by atoms with van der Waals surface area (Å²) in [6.45, 7) is 4.23. The van der Waals surface area contributed by atoms with Crippen LogP contribution in [0.25, 0.3) is 5.65 Å². The van der Waals surface area contributed by atoms with Crippen LogP contribution in [0.2, 0.25) is 0 Å². The van der Waals surface area contributed by atoms with Gasteiger partial charge in [-0.1, -0.05) is 19.9 Å². The lowest BCUT2D eigenvalue weighted by molar-refractivity contribution is -0.118. The highest BCUT2D eigenvalue weighted by Gasteiger charge is 2.25. The molecule has 0 spiro atoms. The summed E-state index contributed by atoms with van der Waals surface area (Å²) in [5, 5.41) is 9.99. The van der Waals surface area contributed by atoms with E-state index in [-0.39, 0.29) is 17.7 Å². The van der Waals surface area contributed by atoms with Gasteiger partial charge in [-0.05, 0) is 42.3 Å². The number of hydrogen-bond acceptors (Lipinski definition) is 5. The van der Waals surface area contributed by atoms with Crippen LogP contribution < -0.4 is 15.4 Å². The van der Waals surface area contributed by atoms with Crippen molar-refractivity contribution in [3.63, 3.8) is 0 Å². The topological polar surface area (TPSA) is 103 Å². The molecule has 0 saturated carbocycles. The fourth-order valence-electron chi connectivity index (χ4n) is 3.47. The van der Waals surface area contributed by atoms with E-state index in [1.807, 2.05) is 48.8 Å². The minimum absolute atomic E-state index is 0.111. The smallest absolute Gasteiger partial charge is 0.251 e. The van der Waals surface area contributed by atoms with Crippen LogP contribution >= 0.6 is 0 Å². The van der Waals surface area contributed by atoms with Crippen molar-refractivity contribution < 1.29 is 14.3 Å². The number of hydrogen-bond donors (Lipinski definition) is 2. The Morgan fingerprint density at radius 2 is 1.88 bits per heavy atom. The van der Waals surface area contributed by atoms with Crippen molar-refractivity contribution >= 4 is 23.1 Å². The number of aromatic nitrogens is 4. The number of amides is 2. The molecule has 4 rings (SSSR count). The van der Waals surface area contributed by atoms with Crippen LogP contribution in [0.15, 0.2) is 67.3 Å².